The van der Waals surface area contributed by atoms with Gasteiger partial charge in [0.05, 0.1) is 16.6 Å². The van der Waals surface area contributed by atoms with Crippen LogP contribution in [0.5, 0.6) is 0 Å². The highest BCUT2D eigenvalue weighted by molar-refractivity contribution is 7.89. The first kappa shape index (κ1) is 17.3. The van der Waals surface area contributed by atoms with Crippen LogP contribution in [0.1, 0.15) is 37.6 Å². The van der Waals surface area contributed by atoms with Crippen molar-refractivity contribution in [2.75, 3.05) is 5.32 Å². The number of nitrogens with zero attached hydrogens (tertiary/aromatic N) is 2. The van der Waals surface area contributed by atoms with Crippen molar-refractivity contribution in [2.45, 2.75) is 37.6 Å². The second-order valence-corrected chi connectivity index (χ2v) is 6.62. The number of benzene rings is 1. The summed E-state index contributed by atoms with van der Waals surface area (Å²) >= 11 is 0. The van der Waals surface area contributed by atoms with Gasteiger partial charge in [-0.3, -0.25) is 0 Å². The van der Waals surface area contributed by atoms with E-state index in [1.165, 1.54) is 18.5 Å². The van der Waals surface area contributed by atoms with Gasteiger partial charge in [-0.2, -0.15) is 0 Å². The number of aromatic nitrogens is 2. The van der Waals surface area contributed by atoms with E-state index in [2.05, 4.69) is 15.3 Å². The number of halogens is 1. The fourth-order valence-corrected chi connectivity index (χ4v) is 2.82. The minimum Gasteiger partial charge on any atom is -0.361 e. The summed E-state index contributed by atoms with van der Waals surface area (Å²) in [5, 5.41) is 8.16. The van der Waals surface area contributed by atoms with Crippen molar-refractivity contribution in [1.29, 1.82) is 0 Å². The molecule has 0 fully saturated rings. The van der Waals surface area contributed by atoms with Gasteiger partial charge in [0.1, 0.15) is 6.33 Å². The van der Waals surface area contributed by atoms with Crippen LogP contribution < -0.4 is 10.5 Å². The smallest absolute Gasteiger partial charge is 0.238 e. The van der Waals surface area contributed by atoms with Crippen molar-refractivity contribution < 1.29 is 12.8 Å². The number of aryl methyl sites for hydroxylation is 1. The van der Waals surface area contributed by atoms with Gasteiger partial charge in [0.25, 0.3) is 0 Å². The summed E-state index contributed by atoms with van der Waals surface area (Å²) in [5.74, 6) is -0.388. The Bertz CT molecular complexity index is 796. The molecule has 1 heterocycles. The standard InChI is InChI=1S/C15H19FN4O2S/c1-3-12(10-6-5-7-11(8-10)23(17,21)22)20-15-14(16)13(4-2)18-9-19-15/h5-9,12H,3-4H2,1-2H3,(H2,17,21,22)(H,18,19,20)/t12-/m1/s1. The Morgan fingerprint density at radius 1 is 1.30 bits per heavy atom. The van der Waals surface area contributed by atoms with Gasteiger partial charge in [0.2, 0.25) is 10.0 Å². The molecule has 6 nitrogen and oxygen atoms in total. The van der Waals surface area contributed by atoms with Gasteiger partial charge < -0.3 is 5.32 Å². The monoisotopic (exact) mass is 338 g/mol. The molecule has 0 aliphatic rings. The number of hydrogen-bond donors (Lipinski definition) is 2. The predicted octanol–water partition coefficient (Wildman–Crippen LogP) is 2.39. The van der Waals surface area contributed by atoms with Crippen LogP contribution in [0.2, 0.25) is 0 Å². The molecule has 23 heavy (non-hydrogen) atoms. The zero-order valence-electron chi connectivity index (χ0n) is 13.0. The molecule has 0 aliphatic carbocycles. The van der Waals surface area contributed by atoms with E-state index in [0.29, 0.717) is 24.1 Å². The number of nitrogens with two attached hydrogens (primary N) is 1. The van der Waals surface area contributed by atoms with Gasteiger partial charge >= 0.3 is 0 Å². The lowest BCUT2D eigenvalue weighted by molar-refractivity contribution is 0.590. The first-order valence-corrected chi connectivity index (χ1v) is 8.80. The van der Waals surface area contributed by atoms with Crippen molar-refractivity contribution in [3.05, 3.63) is 47.7 Å². The Balaban J connectivity index is 2.35. The van der Waals surface area contributed by atoms with Crippen LogP contribution in [0.15, 0.2) is 35.5 Å². The third-order valence-electron chi connectivity index (χ3n) is 3.50. The number of nitrogens with one attached hydrogen (secondary N) is 1. The number of rotatable bonds is 6. The van der Waals surface area contributed by atoms with Gasteiger partial charge in [-0.05, 0) is 30.5 Å². The molecule has 3 N–H and O–H groups in total. The molecule has 0 aliphatic heterocycles. The van der Waals surface area contributed by atoms with E-state index in [4.69, 9.17) is 5.14 Å². The molecule has 8 heteroatoms. The van der Waals surface area contributed by atoms with Crippen molar-refractivity contribution >= 4 is 15.8 Å². The molecular formula is C15H19FN4O2S. The largest absolute Gasteiger partial charge is 0.361 e. The maximum Gasteiger partial charge on any atom is 0.238 e. The van der Waals surface area contributed by atoms with Crippen molar-refractivity contribution in [2.24, 2.45) is 5.14 Å². The molecule has 0 unspecified atom stereocenters. The summed E-state index contributed by atoms with van der Waals surface area (Å²) in [6.07, 6.45) is 2.37. The number of sulfonamides is 1. The Hall–Kier alpha value is -2.06. The predicted molar refractivity (Wildman–Crippen MR) is 85.8 cm³/mol. The summed E-state index contributed by atoms with van der Waals surface area (Å²) in [6.45, 7) is 3.71. The molecular weight excluding hydrogens is 319 g/mol. The quantitative estimate of drug-likeness (QED) is 0.843. The second-order valence-electron chi connectivity index (χ2n) is 5.06. The molecule has 0 bridgehead atoms. The van der Waals surface area contributed by atoms with E-state index in [0.717, 1.165) is 0 Å². The summed E-state index contributed by atoms with van der Waals surface area (Å²) in [5.41, 5.74) is 1.02. The summed E-state index contributed by atoms with van der Waals surface area (Å²) in [7, 11) is -3.79. The maximum atomic E-state index is 14.3. The molecule has 124 valence electrons. The Kier molecular flexibility index (Phi) is 5.27. The molecule has 2 rings (SSSR count). The zero-order valence-corrected chi connectivity index (χ0v) is 13.8. The highest BCUT2D eigenvalue weighted by Crippen LogP contribution is 2.25. The van der Waals surface area contributed by atoms with Gasteiger partial charge in [-0.15, -0.1) is 0 Å². The SMILES string of the molecule is CCc1ncnc(N[C@H](CC)c2cccc(S(N)(=O)=O)c2)c1F. The van der Waals surface area contributed by atoms with E-state index in [1.807, 2.05) is 13.8 Å². The summed E-state index contributed by atoms with van der Waals surface area (Å²) in [4.78, 5) is 7.84. The molecule has 0 saturated heterocycles. The fraction of sp³-hybridized carbons (Fsp3) is 0.333. The Labute approximate surface area is 135 Å². The Morgan fingerprint density at radius 2 is 2.04 bits per heavy atom. The number of hydrogen-bond acceptors (Lipinski definition) is 5. The molecule has 2 aromatic rings. The Morgan fingerprint density at radius 3 is 2.65 bits per heavy atom. The fourth-order valence-electron chi connectivity index (χ4n) is 2.25. The van der Waals surface area contributed by atoms with E-state index < -0.39 is 15.8 Å². The maximum absolute atomic E-state index is 14.3. The minimum atomic E-state index is -3.79. The van der Waals surface area contributed by atoms with Crippen molar-refractivity contribution in [1.82, 2.24) is 9.97 Å². The van der Waals surface area contributed by atoms with Crippen LogP contribution in [0.4, 0.5) is 10.2 Å². The molecule has 0 spiro atoms. The zero-order chi connectivity index (χ0) is 17.0. The third-order valence-corrected chi connectivity index (χ3v) is 4.42. The normalized spacial score (nSPS) is 12.9. The lowest BCUT2D eigenvalue weighted by Gasteiger charge is -2.19. The molecule has 1 aromatic heterocycles. The average molecular weight is 338 g/mol. The van der Waals surface area contributed by atoms with E-state index in [-0.39, 0.29) is 16.8 Å². The van der Waals surface area contributed by atoms with Crippen LogP contribution in [0, 0.1) is 5.82 Å². The van der Waals surface area contributed by atoms with Crippen LogP contribution in [0.25, 0.3) is 0 Å². The number of anilines is 1. The molecule has 0 saturated carbocycles. The van der Waals surface area contributed by atoms with Gasteiger partial charge in [0, 0.05) is 0 Å². The van der Waals surface area contributed by atoms with E-state index in [9.17, 15) is 12.8 Å². The third kappa shape index (κ3) is 4.02. The van der Waals surface area contributed by atoms with Crippen LogP contribution >= 0.6 is 0 Å². The average Bonchev–Trinajstić information content (AvgIpc) is 2.53. The van der Waals surface area contributed by atoms with Crippen molar-refractivity contribution in [3.8, 4) is 0 Å². The van der Waals surface area contributed by atoms with Crippen LogP contribution in [0.3, 0.4) is 0 Å². The summed E-state index contributed by atoms with van der Waals surface area (Å²) in [6, 6.07) is 5.97. The topological polar surface area (TPSA) is 98.0 Å². The minimum absolute atomic E-state index is 0.0210. The molecule has 0 amide bonds. The highest BCUT2D eigenvalue weighted by atomic mass is 32.2. The van der Waals surface area contributed by atoms with Gasteiger partial charge in [-0.1, -0.05) is 26.0 Å². The van der Waals surface area contributed by atoms with Gasteiger partial charge in [0.15, 0.2) is 11.6 Å². The van der Waals surface area contributed by atoms with E-state index in [1.54, 1.807) is 12.1 Å². The van der Waals surface area contributed by atoms with Crippen LogP contribution in [-0.4, -0.2) is 18.4 Å². The van der Waals surface area contributed by atoms with Gasteiger partial charge in [-0.25, -0.2) is 27.9 Å². The lowest BCUT2D eigenvalue weighted by atomic mass is 10.0. The van der Waals surface area contributed by atoms with Crippen LogP contribution in [-0.2, 0) is 16.4 Å². The number of primary sulfonamides is 1. The lowest BCUT2D eigenvalue weighted by Crippen LogP contribution is -2.16. The first-order chi connectivity index (χ1) is 10.9. The molecule has 0 radical (unpaired) electrons. The van der Waals surface area contributed by atoms with E-state index >= 15 is 0 Å². The molecule has 1 atom stereocenters. The molecule has 1 aromatic carbocycles. The second kappa shape index (κ2) is 7.01. The first-order valence-electron chi connectivity index (χ1n) is 7.25. The summed E-state index contributed by atoms with van der Waals surface area (Å²) < 4.78 is 37.2. The highest BCUT2D eigenvalue weighted by Gasteiger charge is 2.17. The van der Waals surface area contributed by atoms with Crippen molar-refractivity contribution in [3.63, 3.8) is 0 Å².